The SMILES string of the molecule is O=C(CN(Cc1ccc(Cl)c(Cl)c1)C1CC1)NC1CC1. The molecule has 0 atom stereocenters. The molecule has 2 fully saturated rings. The van der Waals surface area contributed by atoms with E-state index in [4.69, 9.17) is 23.2 Å². The summed E-state index contributed by atoms with van der Waals surface area (Å²) in [6.45, 7) is 1.22. The number of hydrogen-bond donors (Lipinski definition) is 1. The lowest BCUT2D eigenvalue weighted by atomic mass is 10.2. The van der Waals surface area contributed by atoms with E-state index < -0.39 is 0 Å². The summed E-state index contributed by atoms with van der Waals surface area (Å²) in [6, 6.07) is 6.64. The predicted octanol–water partition coefficient (Wildman–Crippen LogP) is 3.24. The average molecular weight is 313 g/mol. The Bertz CT molecular complexity index is 513. The van der Waals surface area contributed by atoms with Gasteiger partial charge in [-0.3, -0.25) is 9.69 Å². The smallest absolute Gasteiger partial charge is 0.234 e. The lowest BCUT2D eigenvalue weighted by Gasteiger charge is -2.21. The first-order valence-electron chi connectivity index (χ1n) is 7.09. The number of benzene rings is 1. The number of rotatable bonds is 6. The van der Waals surface area contributed by atoms with Gasteiger partial charge in [0.2, 0.25) is 5.91 Å². The van der Waals surface area contributed by atoms with E-state index in [2.05, 4.69) is 10.2 Å². The van der Waals surface area contributed by atoms with Gasteiger partial charge in [-0.15, -0.1) is 0 Å². The summed E-state index contributed by atoms with van der Waals surface area (Å²) in [4.78, 5) is 14.2. The van der Waals surface area contributed by atoms with E-state index in [-0.39, 0.29) is 5.91 Å². The first kappa shape index (κ1) is 14.2. The van der Waals surface area contributed by atoms with Crippen LogP contribution >= 0.6 is 23.2 Å². The second-order valence-corrected chi connectivity index (χ2v) is 6.54. The van der Waals surface area contributed by atoms with E-state index in [9.17, 15) is 4.79 Å². The van der Waals surface area contributed by atoms with Crippen molar-refractivity contribution in [1.29, 1.82) is 0 Å². The highest BCUT2D eigenvalue weighted by Gasteiger charge is 2.31. The minimum absolute atomic E-state index is 0.138. The van der Waals surface area contributed by atoms with Gasteiger partial charge in [0.05, 0.1) is 16.6 Å². The summed E-state index contributed by atoms with van der Waals surface area (Å²) in [5.74, 6) is 0.138. The molecule has 2 aliphatic rings. The van der Waals surface area contributed by atoms with E-state index in [1.54, 1.807) is 0 Å². The Morgan fingerprint density at radius 1 is 1.20 bits per heavy atom. The van der Waals surface area contributed by atoms with Crippen LogP contribution in [0, 0.1) is 0 Å². The van der Waals surface area contributed by atoms with Gasteiger partial charge in [-0.05, 0) is 43.4 Å². The third-order valence-electron chi connectivity index (χ3n) is 3.72. The van der Waals surface area contributed by atoms with Crippen molar-refractivity contribution in [2.75, 3.05) is 6.54 Å². The summed E-state index contributed by atoms with van der Waals surface area (Å²) in [5.41, 5.74) is 1.10. The van der Waals surface area contributed by atoms with Gasteiger partial charge in [-0.25, -0.2) is 0 Å². The highest BCUT2D eigenvalue weighted by Crippen LogP contribution is 2.30. The molecule has 1 amide bonds. The first-order valence-corrected chi connectivity index (χ1v) is 7.85. The van der Waals surface area contributed by atoms with Crippen molar-refractivity contribution in [3.05, 3.63) is 33.8 Å². The number of carbonyl (C=O) groups excluding carboxylic acids is 1. The maximum atomic E-state index is 11.9. The van der Waals surface area contributed by atoms with Crippen molar-refractivity contribution >= 4 is 29.1 Å². The Balaban J connectivity index is 1.61. The lowest BCUT2D eigenvalue weighted by molar-refractivity contribution is -0.122. The van der Waals surface area contributed by atoms with Gasteiger partial charge in [0.15, 0.2) is 0 Å². The molecule has 20 heavy (non-hydrogen) atoms. The van der Waals surface area contributed by atoms with Gasteiger partial charge in [-0.1, -0.05) is 29.3 Å². The van der Waals surface area contributed by atoms with Crippen molar-refractivity contribution in [1.82, 2.24) is 10.2 Å². The Morgan fingerprint density at radius 2 is 1.95 bits per heavy atom. The van der Waals surface area contributed by atoms with Gasteiger partial charge >= 0.3 is 0 Å². The Hall–Kier alpha value is -0.770. The molecule has 1 aromatic carbocycles. The van der Waals surface area contributed by atoms with Crippen molar-refractivity contribution in [3.8, 4) is 0 Å². The molecule has 0 bridgehead atoms. The maximum Gasteiger partial charge on any atom is 0.234 e. The van der Waals surface area contributed by atoms with Crippen LogP contribution in [0.2, 0.25) is 10.0 Å². The Labute approximate surface area is 129 Å². The topological polar surface area (TPSA) is 32.3 Å². The summed E-state index contributed by atoms with van der Waals surface area (Å²) in [6.07, 6.45) is 4.61. The first-order chi connectivity index (χ1) is 9.61. The Kier molecular flexibility index (Phi) is 4.20. The summed E-state index contributed by atoms with van der Waals surface area (Å²) < 4.78 is 0. The molecular weight excluding hydrogens is 295 g/mol. The molecule has 108 valence electrons. The molecule has 0 radical (unpaired) electrons. The molecule has 3 rings (SSSR count). The molecule has 0 heterocycles. The fraction of sp³-hybridized carbons (Fsp3) is 0.533. The number of carbonyl (C=O) groups is 1. The molecule has 2 aliphatic carbocycles. The second-order valence-electron chi connectivity index (χ2n) is 5.73. The zero-order valence-corrected chi connectivity index (χ0v) is 12.8. The van der Waals surface area contributed by atoms with Crippen molar-refractivity contribution < 1.29 is 4.79 Å². The van der Waals surface area contributed by atoms with Gasteiger partial charge in [-0.2, -0.15) is 0 Å². The molecule has 5 heteroatoms. The summed E-state index contributed by atoms with van der Waals surface area (Å²) in [5, 5.41) is 4.19. The van der Waals surface area contributed by atoms with Crippen molar-refractivity contribution in [2.24, 2.45) is 0 Å². The maximum absolute atomic E-state index is 11.9. The molecule has 2 saturated carbocycles. The summed E-state index contributed by atoms with van der Waals surface area (Å²) in [7, 11) is 0. The third-order valence-corrected chi connectivity index (χ3v) is 4.46. The minimum atomic E-state index is 0.138. The Morgan fingerprint density at radius 3 is 2.55 bits per heavy atom. The normalized spacial score (nSPS) is 18.4. The van der Waals surface area contributed by atoms with Crippen LogP contribution in [0.25, 0.3) is 0 Å². The van der Waals surface area contributed by atoms with Crippen molar-refractivity contribution in [2.45, 2.75) is 44.3 Å². The predicted molar refractivity (Wildman–Crippen MR) is 81.1 cm³/mol. The number of nitrogens with one attached hydrogen (secondary N) is 1. The van der Waals surface area contributed by atoms with E-state index in [0.717, 1.165) is 24.9 Å². The standard InChI is InChI=1S/C15H18Cl2N2O/c16-13-6-1-10(7-14(13)17)8-19(12-4-5-12)9-15(20)18-11-2-3-11/h1,6-7,11-12H,2-5,8-9H2,(H,18,20). The number of halogens is 2. The number of nitrogens with zero attached hydrogens (tertiary/aromatic N) is 1. The van der Waals surface area contributed by atoms with Gasteiger partial charge in [0, 0.05) is 18.6 Å². The molecule has 3 nitrogen and oxygen atoms in total. The van der Waals surface area contributed by atoms with E-state index in [1.165, 1.54) is 12.8 Å². The van der Waals surface area contributed by atoms with Crippen LogP contribution < -0.4 is 5.32 Å². The zero-order chi connectivity index (χ0) is 14.1. The van der Waals surface area contributed by atoms with Gasteiger partial charge < -0.3 is 5.32 Å². The van der Waals surface area contributed by atoms with Crippen LogP contribution in [-0.2, 0) is 11.3 Å². The lowest BCUT2D eigenvalue weighted by Crippen LogP contribution is -2.38. The molecule has 0 unspecified atom stereocenters. The van der Waals surface area contributed by atoms with Crippen LogP contribution in [0.3, 0.4) is 0 Å². The zero-order valence-electron chi connectivity index (χ0n) is 11.2. The molecule has 0 spiro atoms. The van der Waals surface area contributed by atoms with Gasteiger partial charge in [0.25, 0.3) is 0 Å². The fourth-order valence-electron chi connectivity index (χ4n) is 2.31. The van der Waals surface area contributed by atoms with Crippen LogP contribution in [0.5, 0.6) is 0 Å². The fourth-order valence-corrected chi connectivity index (χ4v) is 2.63. The highest BCUT2D eigenvalue weighted by atomic mass is 35.5. The van der Waals surface area contributed by atoms with Crippen LogP contribution in [0.15, 0.2) is 18.2 Å². The number of hydrogen-bond acceptors (Lipinski definition) is 2. The van der Waals surface area contributed by atoms with E-state index in [1.807, 2.05) is 18.2 Å². The number of amides is 1. The summed E-state index contributed by atoms with van der Waals surface area (Å²) >= 11 is 12.0. The molecule has 1 aromatic rings. The highest BCUT2D eigenvalue weighted by molar-refractivity contribution is 6.42. The van der Waals surface area contributed by atoms with Gasteiger partial charge in [0.1, 0.15) is 0 Å². The van der Waals surface area contributed by atoms with Crippen LogP contribution in [0.1, 0.15) is 31.2 Å². The molecule has 0 aromatic heterocycles. The second kappa shape index (κ2) is 5.92. The van der Waals surface area contributed by atoms with Crippen molar-refractivity contribution in [3.63, 3.8) is 0 Å². The molecule has 1 N–H and O–H groups in total. The van der Waals surface area contributed by atoms with E-state index in [0.29, 0.717) is 28.7 Å². The molecule has 0 aliphatic heterocycles. The van der Waals surface area contributed by atoms with E-state index >= 15 is 0 Å². The largest absolute Gasteiger partial charge is 0.352 e. The minimum Gasteiger partial charge on any atom is -0.352 e. The average Bonchev–Trinajstić information content (AvgIpc) is 3.24. The quantitative estimate of drug-likeness (QED) is 0.874. The van der Waals surface area contributed by atoms with Crippen LogP contribution in [-0.4, -0.2) is 29.4 Å². The third kappa shape index (κ3) is 3.87. The molecule has 0 saturated heterocycles. The monoisotopic (exact) mass is 312 g/mol. The molecular formula is C15H18Cl2N2O. The van der Waals surface area contributed by atoms with Crippen LogP contribution in [0.4, 0.5) is 0 Å².